The molecule has 5 heteroatoms. The van der Waals surface area contributed by atoms with Gasteiger partial charge in [0, 0.05) is 12.2 Å². The maximum Gasteiger partial charge on any atom is 0.242 e. The summed E-state index contributed by atoms with van der Waals surface area (Å²) in [5, 5.41) is 0. The van der Waals surface area contributed by atoms with Gasteiger partial charge in [0.15, 0.2) is 5.82 Å². The molecule has 0 fully saturated rings. The first-order chi connectivity index (χ1) is 9.67. The standard InChI is InChI=1S/C15H20N4O/c1-4-10-19(12-8-6-5-7-9-12)14-13(16)15(20-3)18-11(2)17-14/h5-9H,4,10,16H2,1-3H3. The molecule has 0 atom stereocenters. The van der Waals surface area contributed by atoms with E-state index >= 15 is 0 Å². The van der Waals surface area contributed by atoms with Crippen LogP contribution in [0.5, 0.6) is 5.88 Å². The molecule has 0 spiro atoms. The fourth-order valence-electron chi connectivity index (χ4n) is 2.09. The summed E-state index contributed by atoms with van der Waals surface area (Å²) in [6.07, 6.45) is 0.986. The molecule has 0 saturated carbocycles. The highest BCUT2D eigenvalue weighted by atomic mass is 16.5. The Bertz CT molecular complexity index is 572. The molecule has 0 bridgehead atoms. The molecule has 0 aliphatic rings. The summed E-state index contributed by atoms with van der Waals surface area (Å²) in [6, 6.07) is 10.1. The number of nitrogens with two attached hydrogens (primary N) is 1. The summed E-state index contributed by atoms with van der Waals surface area (Å²) in [5.74, 6) is 1.76. The second kappa shape index (κ2) is 6.23. The zero-order chi connectivity index (χ0) is 14.5. The second-order valence-corrected chi connectivity index (χ2v) is 4.50. The van der Waals surface area contributed by atoms with Gasteiger partial charge < -0.3 is 15.4 Å². The zero-order valence-corrected chi connectivity index (χ0v) is 12.1. The third-order valence-electron chi connectivity index (χ3n) is 2.97. The largest absolute Gasteiger partial charge is 0.479 e. The highest BCUT2D eigenvalue weighted by Gasteiger charge is 2.17. The van der Waals surface area contributed by atoms with Crippen LogP contribution in [-0.4, -0.2) is 23.6 Å². The van der Waals surface area contributed by atoms with Gasteiger partial charge in [0.2, 0.25) is 5.88 Å². The van der Waals surface area contributed by atoms with Crippen LogP contribution in [0.25, 0.3) is 0 Å². The number of methoxy groups -OCH3 is 1. The molecule has 2 N–H and O–H groups in total. The molecule has 20 heavy (non-hydrogen) atoms. The average molecular weight is 272 g/mol. The third-order valence-corrected chi connectivity index (χ3v) is 2.97. The van der Waals surface area contributed by atoms with Gasteiger partial charge in [-0.15, -0.1) is 0 Å². The van der Waals surface area contributed by atoms with Crippen molar-refractivity contribution in [2.24, 2.45) is 0 Å². The molecular formula is C15H20N4O. The lowest BCUT2D eigenvalue weighted by Gasteiger charge is -2.25. The van der Waals surface area contributed by atoms with Gasteiger partial charge in [-0.3, -0.25) is 0 Å². The fourth-order valence-corrected chi connectivity index (χ4v) is 2.09. The fraction of sp³-hybridized carbons (Fsp3) is 0.333. The average Bonchev–Trinajstić information content (AvgIpc) is 2.48. The predicted molar refractivity (Wildman–Crippen MR) is 81.5 cm³/mol. The molecule has 0 aliphatic heterocycles. The summed E-state index contributed by atoms with van der Waals surface area (Å²) < 4.78 is 5.23. The number of nitrogens with zero attached hydrogens (tertiary/aromatic N) is 3. The van der Waals surface area contributed by atoms with E-state index in [1.165, 1.54) is 0 Å². The van der Waals surface area contributed by atoms with Crippen LogP contribution >= 0.6 is 0 Å². The van der Waals surface area contributed by atoms with Gasteiger partial charge in [0.1, 0.15) is 11.5 Å². The molecule has 0 aliphatic carbocycles. The quantitative estimate of drug-likeness (QED) is 0.906. The first kappa shape index (κ1) is 14.1. The van der Waals surface area contributed by atoms with Crippen molar-refractivity contribution in [1.82, 2.24) is 9.97 Å². The van der Waals surface area contributed by atoms with Gasteiger partial charge in [-0.2, -0.15) is 4.98 Å². The number of nitrogen functional groups attached to an aromatic ring is 1. The summed E-state index contributed by atoms with van der Waals surface area (Å²) in [4.78, 5) is 10.8. The van der Waals surface area contributed by atoms with Crippen LogP contribution in [-0.2, 0) is 0 Å². The van der Waals surface area contributed by atoms with E-state index in [1.54, 1.807) is 7.11 Å². The number of hydrogen-bond acceptors (Lipinski definition) is 5. The summed E-state index contributed by atoms with van der Waals surface area (Å²) >= 11 is 0. The molecule has 1 aromatic carbocycles. The number of anilines is 3. The highest BCUT2D eigenvalue weighted by Crippen LogP contribution is 2.33. The minimum atomic E-state index is 0.421. The zero-order valence-electron chi connectivity index (χ0n) is 12.1. The van der Waals surface area contributed by atoms with Crippen molar-refractivity contribution in [2.45, 2.75) is 20.3 Å². The van der Waals surface area contributed by atoms with E-state index in [-0.39, 0.29) is 0 Å². The molecule has 2 aromatic rings. The molecule has 1 heterocycles. The van der Waals surface area contributed by atoms with E-state index in [9.17, 15) is 0 Å². The van der Waals surface area contributed by atoms with Gasteiger partial charge in [-0.25, -0.2) is 4.98 Å². The van der Waals surface area contributed by atoms with Crippen LogP contribution in [0.2, 0.25) is 0 Å². The van der Waals surface area contributed by atoms with E-state index in [4.69, 9.17) is 10.5 Å². The summed E-state index contributed by atoms with van der Waals surface area (Å²) in [7, 11) is 1.56. The smallest absolute Gasteiger partial charge is 0.242 e. The molecule has 5 nitrogen and oxygen atoms in total. The molecule has 1 aromatic heterocycles. The maximum absolute atomic E-state index is 6.14. The lowest BCUT2D eigenvalue weighted by atomic mass is 10.2. The molecule has 2 rings (SSSR count). The van der Waals surface area contributed by atoms with E-state index in [2.05, 4.69) is 21.8 Å². The van der Waals surface area contributed by atoms with Crippen LogP contribution in [0, 0.1) is 6.92 Å². The van der Waals surface area contributed by atoms with Gasteiger partial charge in [-0.05, 0) is 25.5 Å². The van der Waals surface area contributed by atoms with E-state index in [1.807, 2.05) is 37.3 Å². The predicted octanol–water partition coefficient (Wildman–Crippen LogP) is 2.92. The topological polar surface area (TPSA) is 64.3 Å². The lowest BCUT2D eigenvalue weighted by Crippen LogP contribution is -2.21. The number of aryl methyl sites for hydroxylation is 1. The van der Waals surface area contributed by atoms with Crippen molar-refractivity contribution in [2.75, 3.05) is 24.3 Å². The van der Waals surface area contributed by atoms with Crippen molar-refractivity contribution >= 4 is 17.2 Å². The number of ether oxygens (including phenoxy) is 1. The molecular weight excluding hydrogens is 252 g/mol. The number of benzene rings is 1. The molecule has 0 amide bonds. The summed E-state index contributed by atoms with van der Waals surface area (Å²) in [6.45, 7) is 4.78. The van der Waals surface area contributed by atoms with Crippen molar-refractivity contribution in [1.29, 1.82) is 0 Å². The van der Waals surface area contributed by atoms with Gasteiger partial charge in [-0.1, -0.05) is 25.1 Å². The van der Waals surface area contributed by atoms with Crippen molar-refractivity contribution < 1.29 is 4.74 Å². The van der Waals surface area contributed by atoms with E-state index in [0.717, 1.165) is 18.7 Å². The minimum Gasteiger partial charge on any atom is -0.479 e. The Morgan fingerprint density at radius 3 is 2.50 bits per heavy atom. The Morgan fingerprint density at radius 2 is 1.90 bits per heavy atom. The van der Waals surface area contributed by atoms with Crippen LogP contribution in [0.15, 0.2) is 30.3 Å². The number of para-hydroxylation sites is 1. The Labute approximate surface area is 119 Å². The van der Waals surface area contributed by atoms with Gasteiger partial charge in [0.25, 0.3) is 0 Å². The molecule has 0 saturated heterocycles. The SMILES string of the molecule is CCCN(c1ccccc1)c1nc(C)nc(OC)c1N. The Hall–Kier alpha value is -2.30. The van der Waals surface area contributed by atoms with Crippen molar-refractivity contribution in [3.8, 4) is 5.88 Å². The first-order valence-corrected chi connectivity index (χ1v) is 6.68. The van der Waals surface area contributed by atoms with Crippen molar-refractivity contribution in [3.63, 3.8) is 0 Å². The van der Waals surface area contributed by atoms with E-state index in [0.29, 0.717) is 23.2 Å². The maximum atomic E-state index is 6.14. The van der Waals surface area contributed by atoms with Crippen LogP contribution in [0.1, 0.15) is 19.2 Å². The highest BCUT2D eigenvalue weighted by molar-refractivity contribution is 5.74. The van der Waals surface area contributed by atoms with E-state index < -0.39 is 0 Å². The lowest BCUT2D eigenvalue weighted by molar-refractivity contribution is 0.398. The Balaban J connectivity index is 2.52. The van der Waals surface area contributed by atoms with Crippen LogP contribution in [0.4, 0.5) is 17.2 Å². The molecule has 0 radical (unpaired) electrons. The number of hydrogen-bond donors (Lipinski definition) is 1. The third kappa shape index (κ3) is 2.82. The number of aromatic nitrogens is 2. The molecule has 106 valence electrons. The first-order valence-electron chi connectivity index (χ1n) is 6.68. The number of rotatable bonds is 5. The second-order valence-electron chi connectivity index (χ2n) is 4.50. The van der Waals surface area contributed by atoms with Gasteiger partial charge >= 0.3 is 0 Å². The Kier molecular flexibility index (Phi) is 4.40. The van der Waals surface area contributed by atoms with Crippen LogP contribution < -0.4 is 15.4 Å². The van der Waals surface area contributed by atoms with Gasteiger partial charge in [0.05, 0.1) is 7.11 Å². The Morgan fingerprint density at radius 1 is 1.20 bits per heavy atom. The van der Waals surface area contributed by atoms with Crippen LogP contribution in [0.3, 0.4) is 0 Å². The monoisotopic (exact) mass is 272 g/mol. The minimum absolute atomic E-state index is 0.421. The molecule has 0 unspecified atom stereocenters. The van der Waals surface area contributed by atoms with Crippen molar-refractivity contribution in [3.05, 3.63) is 36.2 Å². The summed E-state index contributed by atoms with van der Waals surface area (Å²) in [5.41, 5.74) is 7.66. The normalized spacial score (nSPS) is 10.3.